The van der Waals surface area contributed by atoms with E-state index >= 15 is 0 Å². The van der Waals surface area contributed by atoms with E-state index in [1.165, 1.54) is 45.2 Å². The molecule has 3 aliphatic rings. The summed E-state index contributed by atoms with van der Waals surface area (Å²) < 4.78 is 5.97. The van der Waals surface area contributed by atoms with E-state index in [2.05, 4.69) is 17.1 Å². The van der Waals surface area contributed by atoms with Crippen LogP contribution in [0.25, 0.3) is 0 Å². The van der Waals surface area contributed by atoms with E-state index < -0.39 is 0 Å². The minimum absolute atomic E-state index is 0.563. The molecule has 1 aliphatic carbocycles. The molecule has 3 nitrogen and oxygen atoms in total. The molecule has 0 aromatic carbocycles. The molecule has 0 radical (unpaired) electrons. The fourth-order valence-electron chi connectivity index (χ4n) is 3.49. The van der Waals surface area contributed by atoms with Gasteiger partial charge in [-0.2, -0.15) is 0 Å². The molecule has 3 heteroatoms. The van der Waals surface area contributed by atoms with Crippen LogP contribution in [0, 0.1) is 5.92 Å². The monoisotopic (exact) mass is 238 g/mol. The van der Waals surface area contributed by atoms with Crippen LogP contribution in [0.1, 0.15) is 39.0 Å². The van der Waals surface area contributed by atoms with Gasteiger partial charge in [-0.3, -0.25) is 4.90 Å². The van der Waals surface area contributed by atoms with Gasteiger partial charge in [0.05, 0.1) is 6.10 Å². The lowest BCUT2D eigenvalue weighted by Gasteiger charge is -2.30. The molecule has 2 heterocycles. The predicted molar refractivity (Wildman–Crippen MR) is 69.1 cm³/mol. The van der Waals surface area contributed by atoms with Gasteiger partial charge in [0.2, 0.25) is 0 Å². The summed E-state index contributed by atoms with van der Waals surface area (Å²) in [5, 5.41) is 3.66. The van der Waals surface area contributed by atoms with Crippen molar-refractivity contribution in [3.8, 4) is 0 Å². The summed E-state index contributed by atoms with van der Waals surface area (Å²) in [5.74, 6) is 0.890. The number of nitrogens with one attached hydrogen (secondary N) is 1. The fraction of sp³-hybridized carbons (Fsp3) is 1.00. The van der Waals surface area contributed by atoms with E-state index in [1.807, 2.05) is 0 Å². The highest BCUT2D eigenvalue weighted by Crippen LogP contribution is 2.40. The van der Waals surface area contributed by atoms with E-state index in [0.29, 0.717) is 6.10 Å². The van der Waals surface area contributed by atoms with Crippen LogP contribution in [-0.4, -0.2) is 49.3 Å². The number of hydrogen-bond acceptors (Lipinski definition) is 3. The van der Waals surface area contributed by atoms with Crippen LogP contribution in [0.4, 0.5) is 0 Å². The van der Waals surface area contributed by atoms with E-state index in [4.69, 9.17) is 4.74 Å². The van der Waals surface area contributed by atoms with Gasteiger partial charge in [0.25, 0.3) is 0 Å². The molecule has 98 valence electrons. The summed E-state index contributed by atoms with van der Waals surface area (Å²) >= 11 is 0. The van der Waals surface area contributed by atoms with Crippen molar-refractivity contribution < 1.29 is 4.74 Å². The van der Waals surface area contributed by atoms with E-state index in [0.717, 1.165) is 31.2 Å². The third kappa shape index (κ3) is 2.67. The Labute approximate surface area is 105 Å². The van der Waals surface area contributed by atoms with E-state index in [-0.39, 0.29) is 0 Å². The average Bonchev–Trinajstić information content (AvgIpc) is 3.13. The van der Waals surface area contributed by atoms with Crippen molar-refractivity contribution >= 4 is 0 Å². The first-order chi connectivity index (χ1) is 8.38. The Morgan fingerprint density at radius 2 is 2.06 bits per heavy atom. The molecule has 0 amide bonds. The van der Waals surface area contributed by atoms with Gasteiger partial charge < -0.3 is 10.1 Å². The van der Waals surface area contributed by atoms with Crippen LogP contribution >= 0.6 is 0 Å². The minimum Gasteiger partial charge on any atom is -0.376 e. The van der Waals surface area contributed by atoms with Gasteiger partial charge in [-0.1, -0.05) is 6.92 Å². The van der Waals surface area contributed by atoms with E-state index in [1.54, 1.807) is 0 Å². The second-order valence-corrected chi connectivity index (χ2v) is 5.91. The zero-order valence-corrected chi connectivity index (χ0v) is 11.0. The summed E-state index contributed by atoms with van der Waals surface area (Å²) in [6.45, 7) is 6.93. The van der Waals surface area contributed by atoms with Gasteiger partial charge in [-0.15, -0.1) is 0 Å². The van der Waals surface area contributed by atoms with Gasteiger partial charge in [-0.25, -0.2) is 0 Å². The highest BCUT2D eigenvalue weighted by atomic mass is 16.5. The standard InChI is InChI=1S/C14H26N2O/c1-2-12-5-8-16(9-7-15-12)13-6-10-17-14(13)11-3-4-11/h11-15H,2-10H2,1H3. The van der Waals surface area contributed by atoms with Gasteiger partial charge in [0.1, 0.15) is 0 Å². The van der Waals surface area contributed by atoms with Crippen LogP contribution in [0.3, 0.4) is 0 Å². The summed E-state index contributed by atoms with van der Waals surface area (Å²) in [4.78, 5) is 2.71. The first-order valence-electron chi connectivity index (χ1n) is 7.47. The number of hydrogen-bond donors (Lipinski definition) is 1. The van der Waals surface area contributed by atoms with Crippen LogP contribution in [0.5, 0.6) is 0 Å². The smallest absolute Gasteiger partial charge is 0.0759 e. The maximum absolute atomic E-state index is 5.97. The molecule has 0 spiro atoms. The molecular formula is C14H26N2O. The molecule has 1 saturated carbocycles. The second kappa shape index (κ2) is 5.25. The second-order valence-electron chi connectivity index (χ2n) is 5.91. The normalized spacial score (nSPS) is 40.4. The van der Waals surface area contributed by atoms with Crippen molar-refractivity contribution in [3.05, 3.63) is 0 Å². The highest BCUT2D eigenvalue weighted by molar-refractivity contribution is 4.95. The van der Waals surface area contributed by atoms with Crippen LogP contribution in [-0.2, 0) is 4.74 Å². The molecular weight excluding hydrogens is 212 g/mol. The van der Waals surface area contributed by atoms with Gasteiger partial charge in [0.15, 0.2) is 0 Å². The molecule has 2 saturated heterocycles. The van der Waals surface area contributed by atoms with Gasteiger partial charge in [0, 0.05) is 38.3 Å². The third-order valence-corrected chi connectivity index (χ3v) is 4.75. The summed E-state index contributed by atoms with van der Waals surface area (Å²) in [5.41, 5.74) is 0. The lowest BCUT2D eigenvalue weighted by Crippen LogP contribution is -2.43. The third-order valence-electron chi connectivity index (χ3n) is 4.75. The Bertz CT molecular complexity index is 255. The predicted octanol–water partition coefficient (Wildman–Crippen LogP) is 1.63. The van der Waals surface area contributed by atoms with Crippen LogP contribution < -0.4 is 5.32 Å². The van der Waals surface area contributed by atoms with Gasteiger partial charge >= 0.3 is 0 Å². The lowest BCUT2D eigenvalue weighted by atomic mass is 10.0. The minimum atomic E-state index is 0.563. The quantitative estimate of drug-likeness (QED) is 0.809. The molecule has 0 aromatic rings. The summed E-state index contributed by atoms with van der Waals surface area (Å²) in [6, 6.07) is 1.46. The number of rotatable bonds is 3. The largest absolute Gasteiger partial charge is 0.376 e. The van der Waals surface area contributed by atoms with Gasteiger partial charge in [-0.05, 0) is 38.0 Å². The lowest BCUT2D eigenvalue weighted by molar-refractivity contribution is 0.0475. The fourth-order valence-corrected chi connectivity index (χ4v) is 3.49. The molecule has 0 bridgehead atoms. The molecule has 1 N–H and O–H groups in total. The first kappa shape index (κ1) is 11.9. The van der Waals surface area contributed by atoms with Crippen molar-refractivity contribution in [2.24, 2.45) is 5.92 Å². The Hall–Kier alpha value is -0.120. The van der Waals surface area contributed by atoms with Crippen molar-refractivity contribution in [2.45, 2.75) is 57.2 Å². The Morgan fingerprint density at radius 3 is 2.82 bits per heavy atom. The Balaban J connectivity index is 1.59. The highest BCUT2D eigenvalue weighted by Gasteiger charge is 2.43. The van der Waals surface area contributed by atoms with E-state index in [9.17, 15) is 0 Å². The zero-order chi connectivity index (χ0) is 11.7. The molecule has 3 fully saturated rings. The Morgan fingerprint density at radius 1 is 1.18 bits per heavy atom. The molecule has 0 aromatic heterocycles. The topological polar surface area (TPSA) is 24.5 Å². The summed E-state index contributed by atoms with van der Waals surface area (Å²) in [7, 11) is 0. The van der Waals surface area contributed by atoms with Crippen molar-refractivity contribution in [1.29, 1.82) is 0 Å². The number of ether oxygens (including phenoxy) is 1. The molecule has 2 aliphatic heterocycles. The maximum Gasteiger partial charge on any atom is 0.0759 e. The maximum atomic E-state index is 5.97. The molecule has 17 heavy (non-hydrogen) atoms. The first-order valence-corrected chi connectivity index (χ1v) is 7.47. The number of nitrogens with zero attached hydrogens (tertiary/aromatic N) is 1. The van der Waals surface area contributed by atoms with Crippen LogP contribution in [0.15, 0.2) is 0 Å². The Kier molecular flexibility index (Phi) is 3.69. The molecule has 3 atom stereocenters. The van der Waals surface area contributed by atoms with Crippen molar-refractivity contribution in [2.75, 3.05) is 26.2 Å². The average molecular weight is 238 g/mol. The summed E-state index contributed by atoms with van der Waals surface area (Å²) in [6.07, 6.45) is 7.22. The van der Waals surface area contributed by atoms with Crippen LogP contribution in [0.2, 0.25) is 0 Å². The SMILES string of the molecule is CCC1CCN(C2CCOC2C2CC2)CCN1. The molecule has 3 rings (SSSR count). The van der Waals surface area contributed by atoms with Crippen molar-refractivity contribution in [1.82, 2.24) is 10.2 Å². The van der Waals surface area contributed by atoms with Crippen molar-refractivity contribution in [3.63, 3.8) is 0 Å². The zero-order valence-electron chi connectivity index (χ0n) is 11.0. The molecule has 3 unspecified atom stereocenters.